The van der Waals surface area contributed by atoms with Crippen LogP contribution in [0.2, 0.25) is 0 Å². The summed E-state index contributed by atoms with van der Waals surface area (Å²) >= 11 is 0. The molecule has 0 aromatic rings. The van der Waals surface area contributed by atoms with Gasteiger partial charge in [0.15, 0.2) is 0 Å². The lowest BCUT2D eigenvalue weighted by atomic mass is 10.5. The van der Waals surface area contributed by atoms with Crippen molar-refractivity contribution in [2.24, 2.45) is 0 Å². The summed E-state index contributed by atoms with van der Waals surface area (Å²) in [4.78, 5) is 0. The minimum Gasteiger partial charge on any atom is -0.264 e. The number of hydrogen-bond donors (Lipinski definition) is 1. The molecule has 0 amide bonds. The standard InChI is InChI=1S/C8H19O4PS/c1-7(2)13(8(3)4)6-5-12-14(9,10)11/h7-8H,5-6H2,1-4H3,(H,9,10,11). The van der Waals surface area contributed by atoms with Crippen molar-refractivity contribution >= 4 is 18.3 Å². The Hall–Kier alpha value is 0.300. The second-order valence-corrected chi connectivity index (χ2v) is 8.31. The van der Waals surface area contributed by atoms with Crippen LogP contribution in [-0.2, 0) is 14.6 Å². The van der Waals surface area contributed by atoms with E-state index in [1.807, 2.05) is 0 Å². The van der Waals surface area contributed by atoms with E-state index in [1.165, 1.54) is 0 Å². The summed E-state index contributed by atoms with van der Waals surface area (Å²) < 4.78 is 33.3. The van der Waals surface area contributed by atoms with Gasteiger partial charge in [0.2, 0.25) is 0 Å². The molecule has 6 heteroatoms. The first kappa shape index (κ1) is 14.3. The van der Waals surface area contributed by atoms with Crippen molar-refractivity contribution < 1.29 is 17.2 Å². The van der Waals surface area contributed by atoms with E-state index in [2.05, 4.69) is 31.9 Å². The lowest BCUT2D eigenvalue weighted by Gasteiger charge is -2.25. The fourth-order valence-corrected chi connectivity index (χ4v) is 4.31. The Morgan fingerprint density at radius 3 is 1.93 bits per heavy atom. The number of rotatable bonds is 6. The molecule has 0 fully saturated rings. The zero-order chi connectivity index (χ0) is 11.4. The lowest BCUT2D eigenvalue weighted by molar-refractivity contribution is 0.284. The Morgan fingerprint density at radius 2 is 1.64 bits per heavy atom. The predicted octanol–water partition coefficient (Wildman–Crippen LogP) is 2.10. The van der Waals surface area contributed by atoms with Crippen LogP contribution in [0, 0.1) is 0 Å². The van der Waals surface area contributed by atoms with Crippen molar-refractivity contribution in [2.75, 3.05) is 12.8 Å². The Balaban J connectivity index is 3.96. The maximum atomic E-state index is 10.3. The SMILES string of the molecule is CC(C)P(CCOS(=O)(=O)O)C(C)C. The maximum absolute atomic E-state index is 10.3. The monoisotopic (exact) mass is 242 g/mol. The van der Waals surface area contributed by atoms with Gasteiger partial charge in [-0.1, -0.05) is 35.6 Å². The summed E-state index contributed by atoms with van der Waals surface area (Å²) in [6.07, 6.45) is 0.713. The molecule has 0 atom stereocenters. The molecule has 0 aromatic carbocycles. The molecule has 0 aliphatic rings. The molecular weight excluding hydrogens is 223 g/mol. The van der Waals surface area contributed by atoms with E-state index in [9.17, 15) is 8.42 Å². The van der Waals surface area contributed by atoms with Crippen molar-refractivity contribution in [1.29, 1.82) is 0 Å². The molecule has 0 spiro atoms. The van der Waals surface area contributed by atoms with Crippen LogP contribution in [0.15, 0.2) is 0 Å². The van der Waals surface area contributed by atoms with Crippen LogP contribution in [0.25, 0.3) is 0 Å². The molecule has 0 saturated carbocycles. The summed E-state index contributed by atoms with van der Waals surface area (Å²) in [5.41, 5.74) is 1.10. The molecule has 0 unspecified atom stereocenters. The van der Waals surface area contributed by atoms with Crippen LogP contribution in [0.3, 0.4) is 0 Å². The molecule has 0 aromatic heterocycles. The van der Waals surface area contributed by atoms with Gasteiger partial charge in [-0.2, -0.15) is 8.42 Å². The summed E-state index contributed by atoms with van der Waals surface area (Å²) in [6.45, 7) is 8.58. The molecule has 0 radical (unpaired) electrons. The zero-order valence-electron chi connectivity index (χ0n) is 9.10. The molecule has 4 nitrogen and oxygen atoms in total. The largest absolute Gasteiger partial charge is 0.397 e. The van der Waals surface area contributed by atoms with Gasteiger partial charge >= 0.3 is 10.4 Å². The van der Waals surface area contributed by atoms with Crippen LogP contribution >= 0.6 is 7.92 Å². The van der Waals surface area contributed by atoms with Gasteiger partial charge in [0.05, 0.1) is 6.61 Å². The summed E-state index contributed by atoms with van der Waals surface area (Å²) in [5, 5.41) is 0. The smallest absolute Gasteiger partial charge is 0.264 e. The van der Waals surface area contributed by atoms with E-state index in [0.29, 0.717) is 17.5 Å². The van der Waals surface area contributed by atoms with Crippen LogP contribution < -0.4 is 0 Å². The Bertz CT molecular complexity index is 240. The van der Waals surface area contributed by atoms with Crippen LogP contribution in [0.1, 0.15) is 27.7 Å². The molecule has 86 valence electrons. The molecule has 14 heavy (non-hydrogen) atoms. The molecule has 1 N–H and O–H groups in total. The second kappa shape index (κ2) is 6.01. The van der Waals surface area contributed by atoms with E-state index < -0.39 is 10.4 Å². The second-order valence-electron chi connectivity index (χ2n) is 3.68. The minimum absolute atomic E-state index is 0.0842. The van der Waals surface area contributed by atoms with Crippen LogP contribution in [0.4, 0.5) is 0 Å². The molecular formula is C8H19O4PS. The van der Waals surface area contributed by atoms with Crippen molar-refractivity contribution in [3.05, 3.63) is 0 Å². The van der Waals surface area contributed by atoms with Gasteiger partial charge in [-0.05, 0) is 17.5 Å². The maximum Gasteiger partial charge on any atom is 0.397 e. The minimum atomic E-state index is -4.26. The third-order valence-corrected chi connectivity index (χ3v) is 5.72. The van der Waals surface area contributed by atoms with Crippen molar-refractivity contribution in [3.63, 3.8) is 0 Å². The topological polar surface area (TPSA) is 63.6 Å². The molecule has 0 saturated heterocycles. The first-order valence-corrected chi connectivity index (χ1v) is 7.64. The van der Waals surface area contributed by atoms with E-state index in [0.717, 1.165) is 0 Å². The average molecular weight is 242 g/mol. The van der Waals surface area contributed by atoms with Crippen molar-refractivity contribution in [1.82, 2.24) is 0 Å². The van der Waals surface area contributed by atoms with Crippen molar-refractivity contribution in [3.8, 4) is 0 Å². The lowest BCUT2D eigenvalue weighted by Crippen LogP contribution is -2.13. The summed E-state index contributed by atoms with van der Waals surface area (Å²) in [5.74, 6) is 0. The molecule has 0 bridgehead atoms. The highest BCUT2D eigenvalue weighted by Gasteiger charge is 2.17. The summed E-state index contributed by atoms with van der Waals surface area (Å²) in [6, 6.07) is 0. The van der Waals surface area contributed by atoms with Gasteiger partial charge in [0.25, 0.3) is 0 Å². The molecule has 0 aliphatic carbocycles. The van der Waals surface area contributed by atoms with Gasteiger partial charge < -0.3 is 0 Å². The van der Waals surface area contributed by atoms with E-state index >= 15 is 0 Å². The quantitative estimate of drug-likeness (QED) is 0.572. The fourth-order valence-electron chi connectivity index (χ4n) is 1.36. The van der Waals surface area contributed by atoms with Crippen LogP contribution in [0.5, 0.6) is 0 Å². The predicted molar refractivity (Wildman–Crippen MR) is 59.6 cm³/mol. The van der Waals surface area contributed by atoms with E-state index in [1.54, 1.807) is 0 Å². The molecule has 0 aliphatic heterocycles. The first-order chi connectivity index (χ1) is 6.24. The Kier molecular flexibility index (Phi) is 6.14. The summed E-state index contributed by atoms with van der Waals surface area (Å²) in [7, 11) is -4.49. The van der Waals surface area contributed by atoms with Crippen LogP contribution in [-0.4, -0.2) is 37.1 Å². The van der Waals surface area contributed by atoms with Gasteiger partial charge in [0.1, 0.15) is 0 Å². The third-order valence-electron chi connectivity index (χ3n) is 1.91. The average Bonchev–Trinajstić information content (AvgIpc) is 1.94. The Labute approximate surface area is 87.7 Å². The van der Waals surface area contributed by atoms with E-state index in [4.69, 9.17) is 4.55 Å². The van der Waals surface area contributed by atoms with E-state index in [-0.39, 0.29) is 14.5 Å². The van der Waals surface area contributed by atoms with Gasteiger partial charge in [-0.3, -0.25) is 4.55 Å². The Morgan fingerprint density at radius 1 is 1.21 bits per heavy atom. The number of hydrogen-bond acceptors (Lipinski definition) is 3. The molecule has 0 rings (SSSR count). The highest BCUT2D eigenvalue weighted by molar-refractivity contribution is 7.80. The van der Waals surface area contributed by atoms with Gasteiger partial charge in [-0.15, -0.1) is 0 Å². The third kappa shape index (κ3) is 6.71. The highest BCUT2D eigenvalue weighted by Crippen LogP contribution is 2.45. The normalized spacial score (nSPS) is 13.1. The zero-order valence-corrected chi connectivity index (χ0v) is 10.8. The highest BCUT2D eigenvalue weighted by atomic mass is 32.3. The van der Waals surface area contributed by atoms with Gasteiger partial charge in [-0.25, -0.2) is 4.18 Å². The first-order valence-electron chi connectivity index (χ1n) is 4.61. The molecule has 0 heterocycles. The van der Waals surface area contributed by atoms with Crippen molar-refractivity contribution in [2.45, 2.75) is 39.0 Å². The van der Waals surface area contributed by atoms with Gasteiger partial charge in [0, 0.05) is 0 Å². The fraction of sp³-hybridized carbons (Fsp3) is 1.00.